The normalized spacial score (nSPS) is 11.7. The van der Waals surface area contributed by atoms with Crippen LogP contribution in [0.25, 0.3) is 11.0 Å². The molecule has 2 heterocycles. The van der Waals surface area contributed by atoms with Crippen LogP contribution in [0.4, 0.5) is 0 Å². The molecule has 10 heteroatoms. The van der Waals surface area contributed by atoms with Crippen molar-refractivity contribution in [3.8, 4) is 17.2 Å². The van der Waals surface area contributed by atoms with Crippen LogP contribution in [0.5, 0.6) is 17.2 Å². The summed E-state index contributed by atoms with van der Waals surface area (Å²) in [5.41, 5.74) is 0.836. The van der Waals surface area contributed by atoms with Crippen molar-refractivity contribution in [3.63, 3.8) is 0 Å². The van der Waals surface area contributed by atoms with Crippen LogP contribution < -0.4 is 29.9 Å². The molecule has 0 spiro atoms. The van der Waals surface area contributed by atoms with E-state index in [4.69, 9.17) is 25.8 Å². The van der Waals surface area contributed by atoms with Crippen LogP contribution in [0.2, 0.25) is 5.02 Å². The average Bonchev–Trinajstić information content (AvgIpc) is 3.08. The molecule has 0 aliphatic heterocycles. The Bertz CT molecular complexity index is 1440. The van der Waals surface area contributed by atoms with E-state index in [0.29, 0.717) is 32.4 Å². The van der Waals surface area contributed by atoms with Crippen molar-refractivity contribution in [1.82, 2.24) is 14.6 Å². The van der Waals surface area contributed by atoms with Crippen LogP contribution in [-0.2, 0) is 6.42 Å². The fraction of sp³-hybridized carbons (Fsp3) is 0.182. The zero-order chi connectivity index (χ0) is 22.8. The number of halogens is 1. The lowest BCUT2D eigenvalue weighted by Crippen LogP contribution is -2.28. The number of aromatic nitrogens is 3. The molecule has 0 bridgehead atoms. The second-order valence-corrected chi connectivity index (χ2v) is 8.18. The molecule has 0 radical (unpaired) electrons. The van der Waals surface area contributed by atoms with Gasteiger partial charge in [-0.2, -0.15) is 14.6 Å². The number of benzene rings is 2. The van der Waals surface area contributed by atoms with Gasteiger partial charge < -0.3 is 14.2 Å². The van der Waals surface area contributed by atoms with Crippen molar-refractivity contribution in [2.75, 3.05) is 21.3 Å². The Morgan fingerprint density at radius 2 is 1.69 bits per heavy atom. The molecule has 0 unspecified atom stereocenters. The number of ether oxygens (including phenoxy) is 3. The minimum atomic E-state index is -0.472. The van der Waals surface area contributed by atoms with Crippen molar-refractivity contribution in [3.05, 3.63) is 83.5 Å². The molecule has 0 atom stereocenters. The van der Waals surface area contributed by atoms with E-state index in [-0.39, 0.29) is 22.6 Å². The molecule has 0 saturated carbocycles. The molecular formula is C22H18ClN3O5S. The first-order chi connectivity index (χ1) is 15.4. The molecule has 4 rings (SSSR count). The Hall–Kier alpha value is -3.43. The summed E-state index contributed by atoms with van der Waals surface area (Å²) < 4.78 is 17.6. The van der Waals surface area contributed by atoms with Crippen molar-refractivity contribution < 1.29 is 14.2 Å². The third-order valence-corrected chi connectivity index (χ3v) is 5.93. The Morgan fingerprint density at radius 1 is 1.03 bits per heavy atom. The Kier molecular flexibility index (Phi) is 6.11. The van der Waals surface area contributed by atoms with E-state index >= 15 is 0 Å². The molecule has 0 aliphatic carbocycles. The summed E-state index contributed by atoms with van der Waals surface area (Å²) in [6, 6.07) is 10.5. The topological polar surface area (TPSA) is 92.0 Å². The smallest absolute Gasteiger partial charge is 0.296 e. The van der Waals surface area contributed by atoms with Gasteiger partial charge in [-0.1, -0.05) is 35.1 Å². The highest BCUT2D eigenvalue weighted by atomic mass is 35.5. The number of rotatable bonds is 6. The van der Waals surface area contributed by atoms with Gasteiger partial charge in [-0.25, -0.2) is 0 Å². The van der Waals surface area contributed by atoms with Gasteiger partial charge in [-0.3, -0.25) is 9.59 Å². The predicted octanol–water partition coefficient (Wildman–Crippen LogP) is 2.33. The number of hydrogen-bond acceptors (Lipinski definition) is 8. The summed E-state index contributed by atoms with van der Waals surface area (Å²) in [5, 5.41) is 4.86. The summed E-state index contributed by atoms with van der Waals surface area (Å²) in [4.78, 5) is 29.7. The molecule has 32 heavy (non-hydrogen) atoms. The molecule has 0 N–H and O–H groups in total. The third-order valence-electron chi connectivity index (χ3n) is 4.72. The molecule has 0 fully saturated rings. The fourth-order valence-electron chi connectivity index (χ4n) is 3.18. The molecule has 0 aliphatic rings. The van der Waals surface area contributed by atoms with E-state index in [1.54, 1.807) is 42.5 Å². The minimum absolute atomic E-state index is 0.180. The molecule has 164 valence electrons. The van der Waals surface area contributed by atoms with Crippen molar-refractivity contribution in [2.45, 2.75) is 6.42 Å². The first-order valence-electron chi connectivity index (χ1n) is 9.42. The standard InChI is InChI=1S/C22H18ClN3O5S/c1-29-16-9-13(10-17(30-2)19(16)31-3)11-18-21(28)26-22(32-18)24-20(27)15(25-26)8-12-4-6-14(23)7-5-12/h4-7,9-11H,8H2,1-3H3/b18-11-. The molecular weight excluding hydrogens is 454 g/mol. The van der Waals surface area contributed by atoms with Crippen LogP contribution in [0, 0.1) is 0 Å². The first-order valence-corrected chi connectivity index (χ1v) is 10.6. The second-order valence-electron chi connectivity index (χ2n) is 6.74. The number of thiazole rings is 1. The van der Waals surface area contributed by atoms with Gasteiger partial charge >= 0.3 is 0 Å². The maximum atomic E-state index is 13.0. The zero-order valence-corrected chi connectivity index (χ0v) is 19.0. The lowest BCUT2D eigenvalue weighted by molar-refractivity contribution is 0.324. The number of fused-ring (bicyclic) bond motifs is 1. The Balaban J connectivity index is 1.80. The van der Waals surface area contributed by atoms with Crippen LogP contribution in [0.1, 0.15) is 16.8 Å². The highest BCUT2D eigenvalue weighted by Gasteiger charge is 2.14. The maximum Gasteiger partial charge on any atom is 0.296 e. The minimum Gasteiger partial charge on any atom is -0.493 e. The van der Waals surface area contributed by atoms with E-state index in [0.717, 1.165) is 21.4 Å². The van der Waals surface area contributed by atoms with Gasteiger partial charge in [0.15, 0.2) is 11.5 Å². The molecule has 4 aromatic rings. The van der Waals surface area contributed by atoms with Crippen molar-refractivity contribution in [2.24, 2.45) is 0 Å². The lowest BCUT2D eigenvalue weighted by Gasteiger charge is -2.12. The van der Waals surface area contributed by atoms with Crippen LogP contribution in [0.15, 0.2) is 46.0 Å². The first kappa shape index (κ1) is 21.8. The van der Waals surface area contributed by atoms with E-state index < -0.39 is 5.56 Å². The van der Waals surface area contributed by atoms with Gasteiger partial charge in [-0.05, 0) is 41.5 Å². The van der Waals surface area contributed by atoms with Gasteiger partial charge in [-0.15, -0.1) is 0 Å². The number of methoxy groups -OCH3 is 3. The van der Waals surface area contributed by atoms with Gasteiger partial charge in [0, 0.05) is 11.4 Å². The fourth-order valence-corrected chi connectivity index (χ4v) is 4.21. The lowest BCUT2D eigenvalue weighted by atomic mass is 10.1. The van der Waals surface area contributed by atoms with Crippen molar-refractivity contribution in [1.29, 1.82) is 0 Å². The zero-order valence-electron chi connectivity index (χ0n) is 17.4. The summed E-state index contributed by atoms with van der Waals surface area (Å²) >= 11 is 6.99. The largest absolute Gasteiger partial charge is 0.493 e. The average molecular weight is 472 g/mol. The van der Waals surface area contributed by atoms with Gasteiger partial charge in [0.1, 0.15) is 5.69 Å². The molecule has 2 aromatic carbocycles. The van der Waals surface area contributed by atoms with Gasteiger partial charge in [0.05, 0.1) is 25.9 Å². The molecule has 8 nitrogen and oxygen atoms in total. The van der Waals surface area contributed by atoms with E-state index in [1.165, 1.54) is 21.3 Å². The Labute approximate surface area is 191 Å². The van der Waals surface area contributed by atoms with Crippen LogP contribution in [-0.4, -0.2) is 35.9 Å². The van der Waals surface area contributed by atoms with E-state index in [1.807, 2.05) is 0 Å². The molecule has 2 aromatic heterocycles. The SMILES string of the molecule is COc1cc(/C=c2\sc3nc(=O)c(Cc4ccc(Cl)cc4)nn3c2=O)cc(OC)c1OC. The maximum absolute atomic E-state index is 13.0. The predicted molar refractivity (Wildman–Crippen MR) is 123 cm³/mol. The summed E-state index contributed by atoms with van der Waals surface area (Å²) in [7, 11) is 4.55. The van der Waals surface area contributed by atoms with Gasteiger partial charge in [0.2, 0.25) is 10.7 Å². The number of nitrogens with zero attached hydrogens (tertiary/aromatic N) is 3. The molecule has 0 saturated heterocycles. The second kappa shape index (κ2) is 8.97. The highest BCUT2D eigenvalue weighted by molar-refractivity contribution is 7.15. The van der Waals surface area contributed by atoms with Gasteiger partial charge in [0.25, 0.3) is 11.1 Å². The Morgan fingerprint density at radius 3 is 2.28 bits per heavy atom. The summed E-state index contributed by atoms with van der Waals surface area (Å²) in [6.07, 6.45) is 1.91. The third kappa shape index (κ3) is 4.17. The number of hydrogen-bond donors (Lipinski definition) is 0. The van der Waals surface area contributed by atoms with Crippen LogP contribution in [0.3, 0.4) is 0 Å². The highest BCUT2D eigenvalue weighted by Crippen LogP contribution is 2.38. The van der Waals surface area contributed by atoms with Crippen molar-refractivity contribution >= 4 is 34.0 Å². The summed E-state index contributed by atoms with van der Waals surface area (Å²) in [6.45, 7) is 0. The van der Waals surface area contributed by atoms with E-state index in [9.17, 15) is 9.59 Å². The van der Waals surface area contributed by atoms with E-state index in [2.05, 4.69) is 10.1 Å². The quantitative estimate of drug-likeness (QED) is 0.426. The monoisotopic (exact) mass is 471 g/mol. The summed E-state index contributed by atoms with van der Waals surface area (Å²) in [5.74, 6) is 1.37. The van der Waals surface area contributed by atoms with Crippen LogP contribution >= 0.6 is 22.9 Å². The molecule has 0 amide bonds.